The third-order valence-corrected chi connectivity index (χ3v) is 5.08. The molecule has 0 saturated carbocycles. The number of likely N-dealkylation sites (tertiary alicyclic amines) is 1. The molecule has 1 aromatic heterocycles. The van der Waals surface area contributed by atoms with Crippen LogP contribution in [0.15, 0.2) is 65.1 Å². The molecular formula is C23H24N2O2. The molecule has 1 N–H and O–H groups in total. The average Bonchev–Trinajstić information content (AvgIpc) is 3.34. The van der Waals surface area contributed by atoms with Crippen molar-refractivity contribution in [2.75, 3.05) is 18.4 Å². The van der Waals surface area contributed by atoms with Gasteiger partial charge in [0.05, 0.1) is 5.56 Å². The summed E-state index contributed by atoms with van der Waals surface area (Å²) in [6, 6.07) is 19.7. The van der Waals surface area contributed by atoms with E-state index in [0.717, 1.165) is 36.4 Å². The Kier molecular flexibility index (Phi) is 5.07. The second-order valence-corrected chi connectivity index (χ2v) is 7.04. The van der Waals surface area contributed by atoms with Crippen LogP contribution in [0.1, 0.15) is 34.5 Å². The SMILES string of the molecule is Cc1oc(-c2ccccc2)cc1C(=O)Nc1ccccc1CN1CCCC1. The van der Waals surface area contributed by atoms with Crippen LogP contribution < -0.4 is 5.32 Å². The number of benzene rings is 2. The molecule has 1 fully saturated rings. The highest BCUT2D eigenvalue weighted by Gasteiger charge is 2.18. The minimum absolute atomic E-state index is 0.132. The largest absolute Gasteiger partial charge is 0.461 e. The van der Waals surface area contributed by atoms with E-state index in [2.05, 4.69) is 16.3 Å². The van der Waals surface area contributed by atoms with Gasteiger partial charge < -0.3 is 9.73 Å². The van der Waals surface area contributed by atoms with Crippen molar-refractivity contribution in [3.05, 3.63) is 77.6 Å². The summed E-state index contributed by atoms with van der Waals surface area (Å²) >= 11 is 0. The van der Waals surface area contributed by atoms with Crippen LogP contribution in [0, 0.1) is 6.92 Å². The number of anilines is 1. The fourth-order valence-electron chi connectivity index (χ4n) is 3.60. The Balaban J connectivity index is 1.54. The standard InChI is InChI=1S/C23H24N2O2/c1-17-20(15-22(27-17)18-9-3-2-4-10-18)23(26)24-21-12-6-5-11-19(21)16-25-13-7-8-14-25/h2-6,9-12,15H,7-8,13-14,16H2,1H3,(H,24,26). The van der Waals surface area contributed by atoms with Gasteiger partial charge in [0, 0.05) is 17.8 Å². The van der Waals surface area contributed by atoms with Gasteiger partial charge in [-0.25, -0.2) is 0 Å². The Hall–Kier alpha value is -2.85. The number of carbonyl (C=O) groups excluding carboxylic acids is 1. The molecule has 1 aliphatic rings. The lowest BCUT2D eigenvalue weighted by Gasteiger charge is -2.17. The Morgan fingerprint density at radius 2 is 1.74 bits per heavy atom. The van der Waals surface area contributed by atoms with Crippen LogP contribution in [0.2, 0.25) is 0 Å². The van der Waals surface area contributed by atoms with Crippen molar-refractivity contribution in [1.82, 2.24) is 4.90 Å². The molecule has 4 nitrogen and oxygen atoms in total. The Morgan fingerprint density at radius 3 is 2.52 bits per heavy atom. The molecule has 4 heteroatoms. The summed E-state index contributed by atoms with van der Waals surface area (Å²) in [5.41, 5.74) is 3.56. The normalized spacial score (nSPS) is 14.4. The van der Waals surface area contributed by atoms with Gasteiger partial charge in [-0.15, -0.1) is 0 Å². The minimum Gasteiger partial charge on any atom is -0.461 e. The van der Waals surface area contributed by atoms with Gasteiger partial charge in [-0.1, -0.05) is 48.5 Å². The van der Waals surface area contributed by atoms with Crippen LogP contribution in [0.4, 0.5) is 5.69 Å². The zero-order valence-corrected chi connectivity index (χ0v) is 15.6. The molecule has 1 aliphatic heterocycles. The first-order valence-corrected chi connectivity index (χ1v) is 9.48. The highest BCUT2D eigenvalue weighted by Crippen LogP contribution is 2.27. The number of nitrogens with zero attached hydrogens (tertiary/aromatic N) is 1. The molecule has 2 aromatic carbocycles. The van der Waals surface area contributed by atoms with Crippen LogP contribution in [0.25, 0.3) is 11.3 Å². The van der Waals surface area contributed by atoms with E-state index < -0.39 is 0 Å². The fourth-order valence-corrected chi connectivity index (χ4v) is 3.60. The predicted molar refractivity (Wildman–Crippen MR) is 108 cm³/mol. The van der Waals surface area contributed by atoms with Crippen molar-refractivity contribution in [2.45, 2.75) is 26.3 Å². The van der Waals surface area contributed by atoms with Gasteiger partial charge in [-0.2, -0.15) is 0 Å². The van der Waals surface area contributed by atoms with E-state index in [1.165, 1.54) is 12.8 Å². The second-order valence-electron chi connectivity index (χ2n) is 7.04. The maximum Gasteiger partial charge on any atom is 0.259 e. The van der Waals surface area contributed by atoms with E-state index in [4.69, 9.17) is 4.42 Å². The van der Waals surface area contributed by atoms with E-state index in [1.54, 1.807) is 0 Å². The molecule has 0 aliphatic carbocycles. The van der Waals surface area contributed by atoms with Crippen molar-refractivity contribution < 1.29 is 9.21 Å². The van der Waals surface area contributed by atoms with Crippen LogP contribution in [-0.4, -0.2) is 23.9 Å². The number of hydrogen-bond acceptors (Lipinski definition) is 3. The molecule has 138 valence electrons. The topological polar surface area (TPSA) is 45.5 Å². The van der Waals surface area contributed by atoms with Gasteiger partial charge in [-0.3, -0.25) is 9.69 Å². The van der Waals surface area contributed by atoms with Gasteiger partial charge in [-0.05, 0) is 50.6 Å². The third-order valence-electron chi connectivity index (χ3n) is 5.08. The van der Waals surface area contributed by atoms with E-state index in [-0.39, 0.29) is 5.91 Å². The van der Waals surface area contributed by atoms with E-state index in [1.807, 2.05) is 61.5 Å². The number of amides is 1. The van der Waals surface area contributed by atoms with Crippen molar-refractivity contribution in [2.24, 2.45) is 0 Å². The van der Waals surface area contributed by atoms with E-state index in [9.17, 15) is 4.79 Å². The molecule has 1 amide bonds. The minimum atomic E-state index is -0.132. The van der Waals surface area contributed by atoms with Gasteiger partial charge in [0.2, 0.25) is 0 Å². The summed E-state index contributed by atoms with van der Waals surface area (Å²) in [6.07, 6.45) is 2.51. The smallest absolute Gasteiger partial charge is 0.259 e. The first-order chi connectivity index (χ1) is 13.2. The van der Waals surface area contributed by atoms with Crippen molar-refractivity contribution in [1.29, 1.82) is 0 Å². The van der Waals surface area contributed by atoms with Gasteiger partial charge in [0.15, 0.2) is 0 Å². The summed E-state index contributed by atoms with van der Waals surface area (Å²) in [6.45, 7) is 4.96. The molecule has 27 heavy (non-hydrogen) atoms. The molecule has 0 spiro atoms. The number of furan rings is 1. The Morgan fingerprint density at radius 1 is 1.04 bits per heavy atom. The lowest BCUT2D eigenvalue weighted by molar-refractivity contribution is 0.102. The lowest BCUT2D eigenvalue weighted by Crippen LogP contribution is -2.20. The highest BCUT2D eigenvalue weighted by molar-refractivity contribution is 6.06. The van der Waals surface area contributed by atoms with Crippen molar-refractivity contribution in [3.63, 3.8) is 0 Å². The molecule has 0 unspecified atom stereocenters. The number of rotatable bonds is 5. The summed E-state index contributed by atoms with van der Waals surface area (Å²) < 4.78 is 5.83. The van der Waals surface area contributed by atoms with Crippen LogP contribution in [-0.2, 0) is 6.54 Å². The molecular weight excluding hydrogens is 336 g/mol. The van der Waals surface area contributed by atoms with Crippen molar-refractivity contribution >= 4 is 11.6 Å². The maximum atomic E-state index is 12.9. The summed E-state index contributed by atoms with van der Waals surface area (Å²) in [5.74, 6) is 1.21. The first-order valence-electron chi connectivity index (χ1n) is 9.48. The summed E-state index contributed by atoms with van der Waals surface area (Å²) in [7, 11) is 0. The molecule has 0 atom stereocenters. The molecule has 2 heterocycles. The summed E-state index contributed by atoms with van der Waals surface area (Å²) in [4.78, 5) is 15.3. The number of carbonyl (C=O) groups is 1. The average molecular weight is 360 g/mol. The van der Waals surface area contributed by atoms with Crippen LogP contribution >= 0.6 is 0 Å². The number of hydrogen-bond donors (Lipinski definition) is 1. The Bertz CT molecular complexity index is 925. The Labute approximate surface area is 159 Å². The molecule has 0 radical (unpaired) electrons. The molecule has 1 saturated heterocycles. The highest BCUT2D eigenvalue weighted by atomic mass is 16.3. The molecule has 3 aromatic rings. The predicted octanol–water partition coefficient (Wildman–Crippen LogP) is 5.10. The molecule has 0 bridgehead atoms. The first kappa shape index (κ1) is 17.6. The zero-order chi connectivity index (χ0) is 18.6. The molecule has 4 rings (SSSR count). The monoisotopic (exact) mass is 360 g/mol. The second kappa shape index (κ2) is 7.80. The van der Waals surface area contributed by atoms with E-state index in [0.29, 0.717) is 17.1 Å². The van der Waals surface area contributed by atoms with Crippen molar-refractivity contribution in [3.8, 4) is 11.3 Å². The number of nitrogens with one attached hydrogen (secondary N) is 1. The number of para-hydroxylation sites is 1. The summed E-state index contributed by atoms with van der Waals surface area (Å²) in [5, 5.41) is 3.08. The van der Waals surface area contributed by atoms with Gasteiger partial charge >= 0.3 is 0 Å². The maximum absolute atomic E-state index is 12.9. The van der Waals surface area contributed by atoms with E-state index >= 15 is 0 Å². The lowest BCUT2D eigenvalue weighted by atomic mass is 10.1. The van der Waals surface area contributed by atoms with Gasteiger partial charge in [0.25, 0.3) is 5.91 Å². The van der Waals surface area contributed by atoms with Gasteiger partial charge in [0.1, 0.15) is 11.5 Å². The van der Waals surface area contributed by atoms with Crippen LogP contribution in [0.3, 0.4) is 0 Å². The quantitative estimate of drug-likeness (QED) is 0.688. The zero-order valence-electron chi connectivity index (χ0n) is 15.6. The third kappa shape index (κ3) is 3.96. The number of aryl methyl sites for hydroxylation is 1. The fraction of sp³-hybridized carbons (Fsp3) is 0.261. The van der Waals surface area contributed by atoms with Crippen LogP contribution in [0.5, 0.6) is 0 Å².